The quantitative estimate of drug-likeness (QED) is 0.669. The summed E-state index contributed by atoms with van der Waals surface area (Å²) in [4.78, 5) is 4.04. The van der Waals surface area contributed by atoms with Gasteiger partial charge in [-0.15, -0.1) is 0 Å². The lowest BCUT2D eigenvalue weighted by Gasteiger charge is -2.26. The molecule has 0 aliphatic carbocycles. The van der Waals surface area contributed by atoms with Crippen molar-refractivity contribution in [1.29, 1.82) is 0 Å². The molecule has 0 bridgehead atoms. The van der Waals surface area contributed by atoms with E-state index in [9.17, 15) is 0 Å². The zero-order chi connectivity index (χ0) is 8.23. The highest BCUT2D eigenvalue weighted by molar-refractivity contribution is 7.99. The molecule has 0 amide bonds. The number of thioether (sulfide) groups is 1. The van der Waals surface area contributed by atoms with Crippen molar-refractivity contribution in [2.45, 2.75) is 11.6 Å². The Labute approximate surface area is 75.5 Å². The second-order valence-corrected chi connectivity index (χ2v) is 4.04. The molecular formula is C7H12N4S. The molecule has 0 saturated carbocycles. The Morgan fingerprint density at radius 1 is 1.58 bits per heavy atom. The summed E-state index contributed by atoms with van der Waals surface area (Å²) in [5.41, 5.74) is 0. The minimum atomic E-state index is 0.889. The molecule has 1 saturated heterocycles. The summed E-state index contributed by atoms with van der Waals surface area (Å²) >= 11 is 1.75. The Bertz CT molecular complexity index is 219. The van der Waals surface area contributed by atoms with Crippen LogP contribution in [-0.4, -0.2) is 34.0 Å². The topological polar surface area (TPSA) is 53.6 Å². The van der Waals surface area contributed by atoms with Gasteiger partial charge in [0.15, 0.2) is 5.16 Å². The van der Waals surface area contributed by atoms with E-state index in [2.05, 4.69) is 20.5 Å². The third kappa shape index (κ3) is 1.98. The van der Waals surface area contributed by atoms with Crippen LogP contribution in [0.3, 0.4) is 0 Å². The lowest BCUT2D eigenvalue weighted by atomic mass is 10.0. The number of hydrogen-bond donors (Lipinski definition) is 2. The summed E-state index contributed by atoms with van der Waals surface area (Å²) in [5, 5.41) is 10.8. The summed E-state index contributed by atoms with van der Waals surface area (Å²) in [6.45, 7) is 2.38. The van der Waals surface area contributed by atoms with Gasteiger partial charge >= 0.3 is 0 Å². The van der Waals surface area contributed by atoms with Crippen molar-refractivity contribution < 1.29 is 0 Å². The molecule has 0 aromatic carbocycles. The fourth-order valence-electron chi connectivity index (χ4n) is 1.14. The zero-order valence-electron chi connectivity index (χ0n) is 6.79. The summed E-state index contributed by atoms with van der Waals surface area (Å²) in [6, 6.07) is 0. The number of nitrogens with one attached hydrogen (secondary N) is 2. The van der Waals surface area contributed by atoms with Crippen LogP contribution in [0.1, 0.15) is 6.42 Å². The molecule has 66 valence electrons. The average molecular weight is 184 g/mol. The van der Waals surface area contributed by atoms with E-state index in [1.54, 1.807) is 18.1 Å². The van der Waals surface area contributed by atoms with Crippen LogP contribution in [0.5, 0.6) is 0 Å². The summed E-state index contributed by atoms with van der Waals surface area (Å²) in [6.07, 6.45) is 2.83. The van der Waals surface area contributed by atoms with Gasteiger partial charge in [-0.25, -0.2) is 4.98 Å². The molecule has 5 heteroatoms. The van der Waals surface area contributed by atoms with Crippen LogP contribution < -0.4 is 5.32 Å². The summed E-state index contributed by atoms with van der Waals surface area (Å²) in [5.74, 6) is 2.03. The standard InChI is InChI=1S/C7H12N4S/c1(6-3-8-4-6)2-12-7-9-5-10-11-7/h5-6,8H,1-4H2,(H,9,10,11). The molecule has 2 N–H and O–H groups in total. The Hall–Kier alpha value is -0.550. The van der Waals surface area contributed by atoms with E-state index in [1.807, 2.05) is 0 Å². The van der Waals surface area contributed by atoms with E-state index in [4.69, 9.17) is 0 Å². The van der Waals surface area contributed by atoms with Gasteiger partial charge in [-0.3, -0.25) is 5.10 Å². The fourth-order valence-corrected chi connectivity index (χ4v) is 2.02. The van der Waals surface area contributed by atoms with Crippen molar-refractivity contribution in [3.05, 3.63) is 6.33 Å². The van der Waals surface area contributed by atoms with Crippen LogP contribution >= 0.6 is 11.8 Å². The van der Waals surface area contributed by atoms with E-state index in [1.165, 1.54) is 19.5 Å². The minimum Gasteiger partial charge on any atom is -0.316 e. The highest BCUT2D eigenvalue weighted by Crippen LogP contribution is 2.17. The largest absolute Gasteiger partial charge is 0.316 e. The van der Waals surface area contributed by atoms with E-state index in [0.29, 0.717) is 0 Å². The van der Waals surface area contributed by atoms with Gasteiger partial charge in [-0.05, 0) is 25.4 Å². The monoisotopic (exact) mass is 184 g/mol. The van der Waals surface area contributed by atoms with Crippen molar-refractivity contribution in [2.75, 3.05) is 18.8 Å². The molecule has 0 radical (unpaired) electrons. The minimum absolute atomic E-state index is 0.889. The third-order valence-corrected chi connectivity index (χ3v) is 2.93. The lowest BCUT2D eigenvalue weighted by Crippen LogP contribution is -2.42. The lowest BCUT2D eigenvalue weighted by molar-refractivity contribution is 0.341. The van der Waals surface area contributed by atoms with Gasteiger partial charge in [0.25, 0.3) is 0 Å². The van der Waals surface area contributed by atoms with Gasteiger partial charge in [0.05, 0.1) is 0 Å². The van der Waals surface area contributed by atoms with Crippen molar-refractivity contribution in [1.82, 2.24) is 20.5 Å². The van der Waals surface area contributed by atoms with Crippen molar-refractivity contribution >= 4 is 11.8 Å². The first kappa shape index (κ1) is 8.07. The van der Waals surface area contributed by atoms with Gasteiger partial charge in [-0.2, -0.15) is 5.10 Å². The van der Waals surface area contributed by atoms with Crippen LogP contribution in [0.2, 0.25) is 0 Å². The molecule has 0 unspecified atom stereocenters. The number of hydrogen-bond acceptors (Lipinski definition) is 4. The predicted octanol–water partition coefficient (Wildman–Crippen LogP) is 0.506. The number of aromatic amines is 1. The first-order valence-corrected chi connectivity index (χ1v) is 5.12. The van der Waals surface area contributed by atoms with Gasteiger partial charge < -0.3 is 5.32 Å². The van der Waals surface area contributed by atoms with Gasteiger partial charge in [-0.1, -0.05) is 11.8 Å². The highest BCUT2D eigenvalue weighted by atomic mass is 32.2. The first-order chi connectivity index (χ1) is 5.95. The molecule has 12 heavy (non-hydrogen) atoms. The van der Waals surface area contributed by atoms with Crippen molar-refractivity contribution in [2.24, 2.45) is 5.92 Å². The molecule has 0 atom stereocenters. The molecule has 2 rings (SSSR count). The average Bonchev–Trinajstić information content (AvgIpc) is 2.46. The normalized spacial score (nSPS) is 17.7. The molecule has 1 aliphatic heterocycles. The fraction of sp³-hybridized carbons (Fsp3) is 0.714. The zero-order valence-corrected chi connectivity index (χ0v) is 7.60. The maximum absolute atomic E-state index is 4.04. The Balaban J connectivity index is 1.62. The second-order valence-electron chi connectivity index (χ2n) is 2.95. The van der Waals surface area contributed by atoms with Gasteiger partial charge in [0.1, 0.15) is 6.33 Å². The van der Waals surface area contributed by atoms with Crippen molar-refractivity contribution in [3.63, 3.8) is 0 Å². The molecule has 0 spiro atoms. The second kappa shape index (κ2) is 3.91. The molecule has 1 aliphatic rings. The van der Waals surface area contributed by atoms with E-state index < -0.39 is 0 Å². The number of rotatable bonds is 4. The Morgan fingerprint density at radius 2 is 2.50 bits per heavy atom. The van der Waals surface area contributed by atoms with Crippen LogP contribution in [0.25, 0.3) is 0 Å². The molecule has 1 aromatic rings. The molecule has 1 aromatic heterocycles. The van der Waals surface area contributed by atoms with E-state index >= 15 is 0 Å². The Morgan fingerprint density at radius 3 is 3.08 bits per heavy atom. The van der Waals surface area contributed by atoms with Crippen LogP contribution in [-0.2, 0) is 0 Å². The SMILES string of the molecule is c1n[nH]c(SCCC2CNC2)n1. The number of H-pyrrole nitrogens is 1. The van der Waals surface area contributed by atoms with Crippen molar-refractivity contribution in [3.8, 4) is 0 Å². The van der Waals surface area contributed by atoms with Crippen LogP contribution in [0, 0.1) is 5.92 Å². The molecule has 4 nitrogen and oxygen atoms in total. The number of nitrogens with zero attached hydrogens (tertiary/aromatic N) is 2. The highest BCUT2D eigenvalue weighted by Gasteiger charge is 2.15. The summed E-state index contributed by atoms with van der Waals surface area (Å²) in [7, 11) is 0. The molecule has 1 fully saturated rings. The Kier molecular flexibility index (Phi) is 2.63. The van der Waals surface area contributed by atoms with E-state index in [0.717, 1.165) is 16.8 Å². The smallest absolute Gasteiger partial charge is 0.183 e. The maximum Gasteiger partial charge on any atom is 0.183 e. The van der Waals surface area contributed by atoms with Gasteiger partial charge in [0, 0.05) is 5.75 Å². The van der Waals surface area contributed by atoms with E-state index in [-0.39, 0.29) is 0 Å². The first-order valence-electron chi connectivity index (χ1n) is 4.14. The van der Waals surface area contributed by atoms with Crippen LogP contribution in [0.4, 0.5) is 0 Å². The molecule has 2 heterocycles. The van der Waals surface area contributed by atoms with Crippen LogP contribution in [0.15, 0.2) is 11.5 Å². The number of aromatic nitrogens is 3. The molecular weight excluding hydrogens is 172 g/mol. The predicted molar refractivity (Wildman–Crippen MR) is 48.1 cm³/mol. The van der Waals surface area contributed by atoms with Gasteiger partial charge in [0.2, 0.25) is 0 Å². The maximum atomic E-state index is 4.04. The third-order valence-electron chi connectivity index (χ3n) is 2.02. The summed E-state index contributed by atoms with van der Waals surface area (Å²) < 4.78 is 0.